The Balaban J connectivity index is 1.44. The first kappa shape index (κ1) is 21.4. The second-order valence-corrected chi connectivity index (χ2v) is 8.30. The zero-order chi connectivity index (χ0) is 21.8. The summed E-state index contributed by atoms with van der Waals surface area (Å²) in [5, 5.41) is 2.87. The van der Waals surface area contributed by atoms with E-state index < -0.39 is 11.6 Å². The summed E-state index contributed by atoms with van der Waals surface area (Å²) in [4.78, 5) is 29.7. The van der Waals surface area contributed by atoms with Crippen molar-refractivity contribution in [3.8, 4) is 0 Å². The van der Waals surface area contributed by atoms with Gasteiger partial charge in [0, 0.05) is 31.9 Å². The summed E-state index contributed by atoms with van der Waals surface area (Å²) in [6, 6.07) is 11.6. The number of carbonyl (C=O) groups excluding carboxylic acids is 2. The Morgan fingerprint density at radius 2 is 1.65 bits per heavy atom. The SMILES string of the molecule is O=C(Nc1cccc(F)c1)C(C1CCCC1)N1CCN(C(=O)c2ccccc2F)CC1. The van der Waals surface area contributed by atoms with Crippen molar-refractivity contribution in [1.29, 1.82) is 0 Å². The van der Waals surface area contributed by atoms with Gasteiger partial charge in [-0.15, -0.1) is 0 Å². The summed E-state index contributed by atoms with van der Waals surface area (Å²) in [6.45, 7) is 1.95. The van der Waals surface area contributed by atoms with Gasteiger partial charge in [-0.3, -0.25) is 14.5 Å². The highest BCUT2D eigenvalue weighted by atomic mass is 19.1. The van der Waals surface area contributed by atoms with Crippen molar-refractivity contribution in [1.82, 2.24) is 9.80 Å². The molecule has 2 aromatic carbocycles. The molecule has 4 rings (SSSR count). The molecule has 1 atom stereocenters. The van der Waals surface area contributed by atoms with Crippen LogP contribution in [0.1, 0.15) is 36.0 Å². The van der Waals surface area contributed by atoms with Crippen LogP contribution in [0.3, 0.4) is 0 Å². The van der Waals surface area contributed by atoms with Crippen LogP contribution in [0.15, 0.2) is 48.5 Å². The molecule has 5 nitrogen and oxygen atoms in total. The van der Waals surface area contributed by atoms with Gasteiger partial charge in [-0.2, -0.15) is 0 Å². The van der Waals surface area contributed by atoms with Gasteiger partial charge in [0.05, 0.1) is 11.6 Å². The number of nitrogens with one attached hydrogen (secondary N) is 1. The fourth-order valence-corrected chi connectivity index (χ4v) is 4.74. The lowest BCUT2D eigenvalue weighted by molar-refractivity contribution is -0.123. The number of piperazine rings is 1. The van der Waals surface area contributed by atoms with Crippen molar-refractivity contribution in [3.05, 3.63) is 65.7 Å². The van der Waals surface area contributed by atoms with Gasteiger partial charge in [0.2, 0.25) is 5.91 Å². The van der Waals surface area contributed by atoms with Crippen LogP contribution in [0.4, 0.5) is 14.5 Å². The summed E-state index contributed by atoms with van der Waals surface area (Å²) in [6.07, 6.45) is 4.16. The van der Waals surface area contributed by atoms with E-state index in [1.54, 1.807) is 29.2 Å². The number of hydrogen-bond acceptors (Lipinski definition) is 3. The lowest BCUT2D eigenvalue weighted by Gasteiger charge is -2.40. The predicted octanol–water partition coefficient (Wildman–Crippen LogP) is 3.92. The highest BCUT2D eigenvalue weighted by Crippen LogP contribution is 2.32. The third kappa shape index (κ3) is 4.93. The van der Waals surface area contributed by atoms with E-state index in [1.165, 1.54) is 24.3 Å². The van der Waals surface area contributed by atoms with Gasteiger partial charge in [-0.25, -0.2) is 8.78 Å². The molecule has 164 valence electrons. The molecular weight excluding hydrogens is 400 g/mol. The molecule has 2 amide bonds. The summed E-state index contributed by atoms with van der Waals surface area (Å²) in [5.74, 6) is -1.13. The second-order valence-electron chi connectivity index (χ2n) is 8.30. The van der Waals surface area contributed by atoms with Gasteiger partial charge in [-0.1, -0.05) is 31.0 Å². The van der Waals surface area contributed by atoms with E-state index in [1.807, 2.05) is 0 Å². The summed E-state index contributed by atoms with van der Waals surface area (Å²) in [5.41, 5.74) is 0.522. The monoisotopic (exact) mass is 427 g/mol. The standard InChI is InChI=1S/C24H27F2N3O2/c25-18-8-5-9-19(16-18)27-23(30)22(17-6-1-2-7-17)28-12-14-29(15-13-28)24(31)20-10-3-4-11-21(20)26/h3-5,8-11,16-17,22H,1-2,6-7,12-15H2,(H,27,30). The van der Waals surface area contributed by atoms with E-state index in [0.29, 0.717) is 31.9 Å². The molecule has 0 aromatic heterocycles. The zero-order valence-electron chi connectivity index (χ0n) is 17.4. The number of anilines is 1. The molecule has 7 heteroatoms. The van der Waals surface area contributed by atoms with E-state index in [9.17, 15) is 18.4 Å². The van der Waals surface area contributed by atoms with Gasteiger partial charge in [-0.05, 0) is 49.1 Å². The number of amides is 2. The average molecular weight is 427 g/mol. The van der Waals surface area contributed by atoms with Crippen LogP contribution in [0, 0.1) is 17.6 Å². The number of rotatable bonds is 5. The molecule has 2 aliphatic rings. The maximum Gasteiger partial charge on any atom is 0.256 e. The second kappa shape index (κ2) is 9.56. The van der Waals surface area contributed by atoms with Crippen LogP contribution in [-0.2, 0) is 4.79 Å². The van der Waals surface area contributed by atoms with Crippen LogP contribution in [0.2, 0.25) is 0 Å². The van der Waals surface area contributed by atoms with Crippen LogP contribution >= 0.6 is 0 Å². The van der Waals surface area contributed by atoms with Gasteiger partial charge in [0.1, 0.15) is 11.6 Å². The number of nitrogens with zero attached hydrogens (tertiary/aromatic N) is 2. The predicted molar refractivity (Wildman–Crippen MR) is 115 cm³/mol. The Hall–Kier alpha value is -2.80. The third-order valence-corrected chi connectivity index (χ3v) is 6.31. The average Bonchev–Trinajstić information content (AvgIpc) is 3.28. The molecule has 0 spiro atoms. The summed E-state index contributed by atoms with van der Waals surface area (Å²) < 4.78 is 27.5. The largest absolute Gasteiger partial charge is 0.336 e. The van der Waals surface area contributed by atoms with E-state index in [2.05, 4.69) is 10.2 Å². The highest BCUT2D eigenvalue weighted by Gasteiger charge is 2.37. The van der Waals surface area contributed by atoms with Crippen LogP contribution in [0.5, 0.6) is 0 Å². The van der Waals surface area contributed by atoms with E-state index in [4.69, 9.17) is 0 Å². The number of hydrogen-bond donors (Lipinski definition) is 1. The lowest BCUT2D eigenvalue weighted by atomic mass is 9.94. The third-order valence-electron chi connectivity index (χ3n) is 6.31. The molecule has 2 fully saturated rings. The number of halogens is 2. The van der Waals surface area contributed by atoms with Gasteiger partial charge >= 0.3 is 0 Å². The van der Waals surface area contributed by atoms with Crippen molar-refractivity contribution in [2.45, 2.75) is 31.7 Å². The Morgan fingerprint density at radius 1 is 0.935 bits per heavy atom. The van der Waals surface area contributed by atoms with Crippen molar-refractivity contribution in [2.24, 2.45) is 5.92 Å². The van der Waals surface area contributed by atoms with Crippen molar-refractivity contribution in [3.63, 3.8) is 0 Å². The van der Waals surface area contributed by atoms with Crippen LogP contribution < -0.4 is 5.32 Å². The van der Waals surface area contributed by atoms with E-state index in [0.717, 1.165) is 25.7 Å². The van der Waals surface area contributed by atoms with Gasteiger partial charge in [0.25, 0.3) is 5.91 Å². The molecule has 1 N–H and O–H groups in total. The maximum atomic E-state index is 14.0. The number of benzene rings is 2. The Kier molecular flexibility index (Phi) is 6.61. The quantitative estimate of drug-likeness (QED) is 0.787. The fraction of sp³-hybridized carbons (Fsp3) is 0.417. The normalized spacial score (nSPS) is 18.7. The fourth-order valence-electron chi connectivity index (χ4n) is 4.74. The molecular formula is C24H27F2N3O2. The van der Waals surface area contributed by atoms with Crippen molar-refractivity contribution >= 4 is 17.5 Å². The smallest absolute Gasteiger partial charge is 0.256 e. The Labute approximate surface area is 181 Å². The first-order valence-electron chi connectivity index (χ1n) is 10.9. The van der Waals surface area contributed by atoms with Gasteiger partial charge < -0.3 is 10.2 Å². The molecule has 1 aliphatic heterocycles. The molecule has 1 saturated heterocycles. The lowest BCUT2D eigenvalue weighted by Crippen LogP contribution is -2.57. The minimum absolute atomic E-state index is 0.0761. The Bertz CT molecular complexity index is 938. The molecule has 1 heterocycles. The van der Waals surface area contributed by atoms with Crippen LogP contribution in [-0.4, -0.2) is 53.8 Å². The highest BCUT2D eigenvalue weighted by molar-refractivity contribution is 5.95. The molecule has 1 aliphatic carbocycles. The number of carbonyl (C=O) groups is 2. The summed E-state index contributed by atoms with van der Waals surface area (Å²) in [7, 11) is 0. The minimum Gasteiger partial charge on any atom is -0.336 e. The van der Waals surface area contributed by atoms with Crippen molar-refractivity contribution in [2.75, 3.05) is 31.5 Å². The van der Waals surface area contributed by atoms with Crippen molar-refractivity contribution < 1.29 is 18.4 Å². The Morgan fingerprint density at radius 3 is 2.32 bits per heavy atom. The zero-order valence-corrected chi connectivity index (χ0v) is 17.4. The maximum absolute atomic E-state index is 14.0. The minimum atomic E-state index is -0.520. The molecule has 0 radical (unpaired) electrons. The molecule has 1 unspecified atom stereocenters. The van der Waals surface area contributed by atoms with Crippen LogP contribution in [0.25, 0.3) is 0 Å². The molecule has 31 heavy (non-hydrogen) atoms. The van der Waals surface area contributed by atoms with E-state index in [-0.39, 0.29) is 29.3 Å². The molecule has 0 bridgehead atoms. The molecule has 2 aromatic rings. The first-order valence-corrected chi connectivity index (χ1v) is 10.9. The van der Waals surface area contributed by atoms with Gasteiger partial charge in [0.15, 0.2) is 0 Å². The molecule has 1 saturated carbocycles. The first-order chi connectivity index (χ1) is 15.0. The topological polar surface area (TPSA) is 52.7 Å². The summed E-state index contributed by atoms with van der Waals surface area (Å²) >= 11 is 0. The van der Waals surface area contributed by atoms with E-state index >= 15 is 0 Å².